The lowest BCUT2D eigenvalue weighted by Crippen LogP contribution is -2.47. The first-order valence-electron chi connectivity index (χ1n) is 10.6. The van der Waals surface area contributed by atoms with Crippen LogP contribution >= 0.6 is 11.6 Å². The standard InChI is InChI=1S/C22H28ClN7O2/c1-14(31)27-22(9-10-24-12-22)18-17-19(26-20(25-18)32-13-21(2,3)4)30(29-28-17)11-15-7-5-6-8-16(15)23/h5-8,24H,9-13H2,1-4H3,(H,27,31)/t22-/m0/s1. The molecular weight excluding hydrogens is 430 g/mol. The van der Waals surface area contributed by atoms with Crippen molar-refractivity contribution < 1.29 is 9.53 Å². The zero-order valence-electron chi connectivity index (χ0n) is 18.8. The maximum absolute atomic E-state index is 12.1. The predicted octanol–water partition coefficient (Wildman–Crippen LogP) is 2.67. The Morgan fingerprint density at radius 3 is 2.75 bits per heavy atom. The number of aromatic nitrogens is 5. The fourth-order valence-corrected chi connectivity index (χ4v) is 4.00. The van der Waals surface area contributed by atoms with Crippen LogP contribution in [0.3, 0.4) is 0 Å². The number of carbonyl (C=O) groups excluding carboxylic acids is 1. The molecule has 0 radical (unpaired) electrons. The summed E-state index contributed by atoms with van der Waals surface area (Å²) in [5, 5.41) is 15.8. The number of nitrogens with one attached hydrogen (secondary N) is 2. The average molecular weight is 458 g/mol. The highest BCUT2D eigenvalue weighted by molar-refractivity contribution is 6.31. The molecule has 9 nitrogen and oxygen atoms in total. The van der Waals surface area contributed by atoms with Crippen LogP contribution in [0.1, 0.15) is 45.4 Å². The highest BCUT2D eigenvalue weighted by Crippen LogP contribution is 2.32. The number of nitrogens with zero attached hydrogens (tertiary/aromatic N) is 5. The number of amides is 1. The van der Waals surface area contributed by atoms with Crippen LogP contribution in [-0.2, 0) is 16.9 Å². The van der Waals surface area contributed by atoms with E-state index in [1.54, 1.807) is 4.68 Å². The highest BCUT2D eigenvalue weighted by atomic mass is 35.5. The van der Waals surface area contributed by atoms with Crippen LogP contribution < -0.4 is 15.4 Å². The molecule has 32 heavy (non-hydrogen) atoms. The fraction of sp³-hybridized carbons (Fsp3) is 0.500. The van der Waals surface area contributed by atoms with Crippen molar-refractivity contribution in [3.63, 3.8) is 0 Å². The second-order valence-electron chi connectivity index (χ2n) is 9.40. The van der Waals surface area contributed by atoms with Crippen molar-refractivity contribution in [3.8, 4) is 6.01 Å². The van der Waals surface area contributed by atoms with E-state index >= 15 is 0 Å². The second kappa shape index (κ2) is 8.63. The lowest BCUT2D eigenvalue weighted by Gasteiger charge is -2.29. The minimum absolute atomic E-state index is 0.0707. The molecular formula is C22H28ClN7O2. The summed E-state index contributed by atoms with van der Waals surface area (Å²) in [6, 6.07) is 7.82. The summed E-state index contributed by atoms with van der Waals surface area (Å²) >= 11 is 6.36. The maximum Gasteiger partial charge on any atom is 0.318 e. The Morgan fingerprint density at radius 2 is 2.09 bits per heavy atom. The zero-order chi connectivity index (χ0) is 22.9. The van der Waals surface area contributed by atoms with E-state index in [4.69, 9.17) is 21.3 Å². The van der Waals surface area contributed by atoms with Gasteiger partial charge in [-0.2, -0.15) is 9.97 Å². The van der Waals surface area contributed by atoms with Crippen molar-refractivity contribution in [2.45, 2.75) is 46.2 Å². The summed E-state index contributed by atoms with van der Waals surface area (Å²) in [6.07, 6.45) is 0.675. The van der Waals surface area contributed by atoms with Crippen LogP contribution in [-0.4, -0.2) is 50.6 Å². The van der Waals surface area contributed by atoms with Crippen molar-refractivity contribution in [3.05, 3.63) is 40.5 Å². The zero-order valence-corrected chi connectivity index (χ0v) is 19.5. The first kappa shape index (κ1) is 22.4. The van der Waals surface area contributed by atoms with Gasteiger partial charge in [-0.1, -0.05) is 55.8 Å². The van der Waals surface area contributed by atoms with Gasteiger partial charge in [-0.3, -0.25) is 4.79 Å². The molecule has 2 N–H and O–H groups in total. The molecule has 1 aromatic carbocycles. The third-order valence-corrected chi connectivity index (χ3v) is 5.65. The summed E-state index contributed by atoms with van der Waals surface area (Å²) < 4.78 is 7.67. The largest absolute Gasteiger partial charge is 0.463 e. The van der Waals surface area contributed by atoms with Crippen LogP contribution in [0.2, 0.25) is 5.02 Å². The molecule has 1 fully saturated rings. The van der Waals surface area contributed by atoms with E-state index in [0.717, 1.165) is 12.1 Å². The van der Waals surface area contributed by atoms with Crippen molar-refractivity contribution >= 4 is 28.7 Å². The summed E-state index contributed by atoms with van der Waals surface area (Å²) in [6.45, 7) is 9.86. The van der Waals surface area contributed by atoms with Crippen molar-refractivity contribution in [1.82, 2.24) is 35.6 Å². The lowest BCUT2D eigenvalue weighted by atomic mass is 9.92. The highest BCUT2D eigenvalue weighted by Gasteiger charge is 2.41. The molecule has 1 aliphatic rings. The Balaban J connectivity index is 1.84. The van der Waals surface area contributed by atoms with Gasteiger partial charge in [0.1, 0.15) is 5.69 Å². The van der Waals surface area contributed by atoms with Gasteiger partial charge >= 0.3 is 6.01 Å². The van der Waals surface area contributed by atoms with E-state index in [9.17, 15) is 4.79 Å². The van der Waals surface area contributed by atoms with E-state index in [0.29, 0.717) is 48.0 Å². The third kappa shape index (κ3) is 4.68. The monoisotopic (exact) mass is 457 g/mol. The van der Waals surface area contributed by atoms with Crippen LogP contribution in [0.4, 0.5) is 0 Å². The number of hydrogen-bond donors (Lipinski definition) is 2. The van der Waals surface area contributed by atoms with Gasteiger partial charge in [-0.25, -0.2) is 4.68 Å². The Bertz CT molecular complexity index is 1130. The maximum atomic E-state index is 12.1. The lowest BCUT2D eigenvalue weighted by molar-refractivity contribution is -0.120. The molecule has 3 heterocycles. The molecule has 3 aromatic rings. The fourth-order valence-electron chi connectivity index (χ4n) is 3.81. The summed E-state index contributed by atoms with van der Waals surface area (Å²) in [5.41, 5.74) is 1.80. The Morgan fingerprint density at radius 1 is 1.31 bits per heavy atom. The molecule has 0 aliphatic carbocycles. The second-order valence-corrected chi connectivity index (χ2v) is 9.81. The van der Waals surface area contributed by atoms with Crippen LogP contribution in [0.5, 0.6) is 6.01 Å². The van der Waals surface area contributed by atoms with Gasteiger partial charge in [0.15, 0.2) is 11.2 Å². The topological polar surface area (TPSA) is 107 Å². The van der Waals surface area contributed by atoms with E-state index in [2.05, 4.69) is 46.7 Å². The molecule has 4 rings (SSSR count). The van der Waals surface area contributed by atoms with Crippen molar-refractivity contribution in [2.75, 3.05) is 19.7 Å². The van der Waals surface area contributed by atoms with Gasteiger partial charge in [0, 0.05) is 18.5 Å². The summed E-state index contributed by atoms with van der Waals surface area (Å²) in [7, 11) is 0. The molecule has 10 heteroatoms. The van der Waals surface area contributed by atoms with Crippen molar-refractivity contribution in [1.29, 1.82) is 0 Å². The van der Waals surface area contributed by atoms with Crippen LogP contribution in [0, 0.1) is 5.41 Å². The summed E-state index contributed by atoms with van der Waals surface area (Å²) in [4.78, 5) is 21.4. The van der Waals surface area contributed by atoms with Crippen LogP contribution in [0.25, 0.3) is 11.2 Å². The van der Waals surface area contributed by atoms with Gasteiger partial charge in [-0.15, -0.1) is 5.10 Å². The average Bonchev–Trinajstić information content (AvgIpc) is 3.34. The van der Waals surface area contributed by atoms with E-state index in [1.807, 2.05) is 24.3 Å². The van der Waals surface area contributed by atoms with E-state index in [1.165, 1.54) is 6.92 Å². The van der Waals surface area contributed by atoms with Gasteiger partial charge in [0.25, 0.3) is 0 Å². The van der Waals surface area contributed by atoms with Crippen LogP contribution in [0.15, 0.2) is 24.3 Å². The molecule has 0 unspecified atom stereocenters. The number of halogens is 1. The Labute approximate surface area is 191 Å². The minimum atomic E-state index is -0.710. The molecule has 2 aromatic heterocycles. The van der Waals surface area contributed by atoms with E-state index < -0.39 is 5.54 Å². The first-order valence-corrected chi connectivity index (χ1v) is 11.0. The predicted molar refractivity (Wildman–Crippen MR) is 122 cm³/mol. The molecule has 1 saturated heterocycles. The molecule has 170 valence electrons. The number of carbonyl (C=O) groups is 1. The number of ether oxygens (including phenoxy) is 1. The Hall–Kier alpha value is -2.78. The quantitative estimate of drug-likeness (QED) is 0.586. The normalized spacial score (nSPS) is 18.8. The van der Waals surface area contributed by atoms with Gasteiger partial charge in [0.05, 0.1) is 18.7 Å². The molecule has 0 spiro atoms. The first-order chi connectivity index (χ1) is 15.2. The van der Waals surface area contributed by atoms with Crippen molar-refractivity contribution in [2.24, 2.45) is 5.41 Å². The van der Waals surface area contributed by atoms with Gasteiger partial charge in [0.2, 0.25) is 5.91 Å². The summed E-state index contributed by atoms with van der Waals surface area (Å²) in [5.74, 6) is -0.138. The number of fused-ring (bicyclic) bond motifs is 1. The minimum Gasteiger partial charge on any atom is -0.463 e. The smallest absolute Gasteiger partial charge is 0.318 e. The molecule has 1 atom stereocenters. The van der Waals surface area contributed by atoms with E-state index in [-0.39, 0.29) is 17.3 Å². The number of hydrogen-bond acceptors (Lipinski definition) is 7. The third-order valence-electron chi connectivity index (χ3n) is 5.28. The molecule has 0 bridgehead atoms. The Kier molecular flexibility index (Phi) is 6.05. The molecule has 0 saturated carbocycles. The van der Waals surface area contributed by atoms with Gasteiger partial charge < -0.3 is 15.4 Å². The SMILES string of the molecule is CC(=O)N[C@@]1(c2nc(OCC(C)(C)C)nc3c2nnn3Cc2ccccc2Cl)CCNC1. The molecule has 1 amide bonds. The number of rotatable bonds is 6. The molecule has 1 aliphatic heterocycles. The number of benzene rings is 1. The van der Waals surface area contributed by atoms with Gasteiger partial charge in [-0.05, 0) is 30.0 Å².